The van der Waals surface area contributed by atoms with E-state index < -0.39 is 24.7 Å². The van der Waals surface area contributed by atoms with E-state index in [2.05, 4.69) is 26.0 Å². The molecule has 0 aliphatic carbocycles. The monoisotopic (exact) mass is 339 g/mol. The van der Waals surface area contributed by atoms with E-state index in [1.165, 1.54) is 13.0 Å². The second-order valence-electron chi connectivity index (χ2n) is 3.57. The van der Waals surface area contributed by atoms with Crippen LogP contribution in [0.15, 0.2) is 22.3 Å². The Morgan fingerprint density at radius 2 is 1.72 bits per heavy atom. The Morgan fingerprint density at radius 1 is 1.22 bits per heavy atom. The van der Waals surface area contributed by atoms with Crippen LogP contribution in [0.3, 0.4) is 0 Å². The van der Waals surface area contributed by atoms with E-state index in [-0.39, 0.29) is 4.61 Å². The van der Waals surface area contributed by atoms with Crippen LogP contribution in [0.2, 0.25) is 0 Å². The van der Waals surface area contributed by atoms with Crippen molar-refractivity contribution >= 4 is 15.9 Å². The van der Waals surface area contributed by atoms with Crippen molar-refractivity contribution < 1.29 is 31.1 Å². The molecule has 0 aromatic heterocycles. The molecule has 0 saturated heterocycles. The van der Waals surface area contributed by atoms with Gasteiger partial charge in [-0.15, -0.1) is 0 Å². The molecule has 1 atom stereocenters. The van der Waals surface area contributed by atoms with Gasteiger partial charge in [-0.05, 0) is 40.6 Å². The molecule has 0 aromatic carbocycles. The Morgan fingerprint density at radius 3 is 2.11 bits per heavy atom. The standard InChI is InChI=1S/C9H8BrF6NO/c1-4-2-5(10)17-6(3-4)18-7(8(11,12)13)9(14,15)16/h2-3,6-7,17H,1H3. The summed E-state index contributed by atoms with van der Waals surface area (Å²) < 4.78 is 77.8. The number of alkyl halides is 6. The van der Waals surface area contributed by atoms with Crippen molar-refractivity contribution in [3.63, 3.8) is 0 Å². The van der Waals surface area contributed by atoms with Crippen molar-refractivity contribution in [2.45, 2.75) is 31.6 Å². The van der Waals surface area contributed by atoms with Crippen LogP contribution in [0.5, 0.6) is 0 Å². The summed E-state index contributed by atoms with van der Waals surface area (Å²) in [7, 11) is 0. The summed E-state index contributed by atoms with van der Waals surface area (Å²) in [6, 6.07) is 0. The molecule has 0 bridgehead atoms. The van der Waals surface area contributed by atoms with Crippen LogP contribution in [-0.4, -0.2) is 24.7 Å². The summed E-state index contributed by atoms with van der Waals surface area (Å²) in [5, 5.41) is 2.30. The van der Waals surface area contributed by atoms with Gasteiger partial charge in [-0.25, -0.2) is 0 Å². The van der Waals surface area contributed by atoms with Gasteiger partial charge in [-0.2, -0.15) is 26.3 Å². The second-order valence-corrected chi connectivity index (χ2v) is 4.42. The molecule has 0 aromatic rings. The average Bonchev–Trinajstić information content (AvgIpc) is 2.08. The first-order valence-electron chi connectivity index (χ1n) is 4.61. The molecular weight excluding hydrogens is 332 g/mol. The largest absolute Gasteiger partial charge is 0.423 e. The maximum absolute atomic E-state index is 12.2. The van der Waals surface area contributed by atoms with Crippen molar-refractivity contribution in [3.05, 3.63) is 22.3 Å². The van der Waals surface area contributed by atoms with E-state index in [4.69, 9.17) is 0 Å². The van der Waals surface area contributed by atoms with E-state index in [1.54, 1.807) is 0 Å². The van der Waals surface area contributed by atoms with E-state index in [1.807, 2.05) is 0 Å². The van der Waals surface area contributed by atoms with Gasteiger partial charge in [0.05, 0.1) is 4.61 Å². The van der Waals surface area contributed by atoms with Crippen molar-refractivity contribution in [1.29, 1.82) is 0 Å². The molecule has 1 N–H and O–H groups in total. The normalized spacial score (nSPS) is 21.5. The SMILES string of the molecule is CC1=CC(OC(C(F)(F)F)C(F)(F)F)NC(Br)=C1. The number of hydrogen-bond acceptors (Lipinski definition) is 2. The van der Waals surface area contributed by atoms with Gasteiger partial charge in [-0.1, -0.05) is 0 Å². The summed E-state index contributed by atoms with van der Waals surface area (Å²) >= 11 is 2.93. The zero-order chi connectivity index (χ0) is 14.1. The van der Waals surface area contributed by atoms with Crippen molar-refractivity contribution in [1.82, 2.24) is 5.32 Å². The Bertz CT molecular complexity index is 358. The number of ether oxygens (including phenoxy) is 1. The third kappa shape index (κ3) is 4.20. The molecule has 104 valence electrons. The fraction of sp³-hybridized carbons (Fsp3) is 0.556. The highest BCUT2D eigenvalue weighted by Crippen LogP contribution is 2.36. The number of halogens is 7. The molecule has 1 heterocycles. The van der Waals surface area contributed by atoms with Gasteiger partial charge in [0.15, 0.2) is 0 Å². The van der Waals surface area contributed by atoms with E-state index in [9.17, 15) is 26.3 Å². The third-order valence-corrected chi connectivity index (χ3v) is 2.38. The molecular formula is C9H8BrF6NO. The summed E-state index contributed by atoms with van der Waals surface area (Å²) in [5.41, 5.74) is 0.480. The minimum absolute atomic E-state index is 0.246. The van der Waals surface area contributed by atoms with Crippen LogP contribution >= 0.6 is 15.9 Å². The Labute approximate surface area is 107 Å². The summed E-state index contributed by atoms with van der Waals surface area (Å²) in [6.45, 7) is 1.52. The minimum atomic E-state index is -5.52. The molecule has 0 radical (unpaired) electrons. The smallest absolute Gasteiger partial charge is 0.351 e. The zero-order valence-electron chi connectivity index (χ0n) is 8.86. The molecule has 1 rings (SSSR count). The average molecular weight is 340 g/mol. The molecule has 0 saturated carbocycles. The number of allylic oxidation sites excluding steroid dienone is 2. The zero-order valence-corrected chi connectivity index (χ0v) is 10.4. The predicted octanol–water partition coefficient (Wildman–Crippen LogP) is 3.61. The number of hydrogen-bond donors (Lipinski definition) is 1. The van der Waals surface area contributed by atoms with Gasteiger partial charge in [0, 0.05) is 0 Å². The van der Waals surface area contributed by atoms with Crippen LogP contribution in [0.25, 0.3) is 0 Å². The molecule has 0 amide bonds. The molecule has 0 fully saturated rings. The number of dihydropyridines is 1. The highest BCUT2D eigenvalue weighted by molar-refractivity contribution is 9.11. The fourth-order valence-corrected chi connectivity index (χ4v) is 1.85. The van der Waals surface area contributed by atoms with E-state index in [0.29, 0.717) is 5.57 Å². The molecule has 9 heteroatoms. The van der Waals surface area contributed by atoms with Gasteiger partial charge in [-0.3, -0.25) is 0 Å². The summed E-state index contributed by atoms with van der Waals surface area (Å²) in [5.74, 6) is 0. The van der Waals surface area contributed by atoms with Crippen LogP contribution in [0, 0.1) is 0 Å². The van der Waals surface area contributed by atoms with Crippen molar-refractivity contribution in [2.75, 3.05) is 0 Å². The van der Waals surface area contributed by atoms with Crippen LogP contribution in [-0.2, 0) is 4.74 Å². The molecule has 1 aliphatic rings. The third-order valence-electron chi connectivity index (χ3n) is 1.93. The Hall–Kier alpha value is -0.700. The van der Waals surface area contributed by atoms with E-state index >= 15 is 0 Å². The lowest BCUT2D eigenvalue weighted by atomic mass is 10.2. The highest BCUT2D eigenvalue weighted by atomic mass is 79.9. The van der Waals surface area contributed by atoms with E-state index in [0.717, 1.165) is 6.08 Å². The molecule has 1 unspecified atom stereocenters. The first kappa shape index (κ1) is 15.4. The van der Waals surface area contributed by atoms with Gasteiger partial charge in [0.25, 0.3) is 6.10 Å². The Kier molecular flexibility index (Phi) is 4.37. The van der Waals surface area contributed by atoms with Crippen molar-refractivity contribution in [3.8, 4) is 0 Å². The first-order chi connectivity index (χ1) is 8.00. The van der Waals surface area contributed by atoms with Crippen LogP contribution in [0.1, 0.15) is 6.92 Å². The fourth-order valence-electron chi connectivity index (χ4n) is 1.27. The predicted molar refractivity (Wildman–Crippen MR) is 54.7 cm³/mol. The first-order valence-corrected chi connectivity index (χ1v) is 5.40. The maximum atomic E-state index is 12.2. The van der Waals surface area contributed by atoms with Crippen molar-refractivity contribution in [2.24, 2.45) is 0 Å². The highest BCUT2D eigenvalue weighted by Gasteiger charge is 2.58. The minimum Gasteiger partial charge on any atom is -0.351 e. The molecule has 18 heavy (non-hydrogen) atoms. The lowest BCUT2D eigenvalue weighted by Crippen LogP contribution is -2.48. The maximum Gasteiger partial charge on any atom is 0.423 e. The lowest BCUT2D eigenvalue weighted by molar-refractivity contribution is -0.329. The molecule has 2 nitrogen and oxygen atoms in total. The van der Waals surface area contributed by atoms with Gasteiger partial charge < -0.3 is 10.1 Å². The van der Waals surface area contributed by atoms with Gasteiger partial charge in [0.1, 0.15) is 6.23 Å². The topological polar surface area (TPSA) is 21.3 Å². The lowest BCUT2D eigenvalue weighted by Gasteiger charge is -2.29. The van der Waals surface area contributed by atoms with Gasteiger partial charge in [0.2, 0.25) is 0 Å². The summed E-state index contributed by atoms with van der Waals surface area (Å²) in [6.07, 6.45) is -13.8. The van der Waals surface area contributed by atoms with Crippen LogP contribution < -0.4 is 5.32 Å². The quantitative estimate of drug-likeness (QED) is 0.613. The number of rotatable bonds is 2. The molecule has 0 spiro atoms. The Balaban J connectivity index is 2.84. The summed E-state index contributed by atoms with van der Waals surface area (Å²) in [4.78, 5) is 0. The van der Waals surface area contributed by atoms with Crippen LogP contribution in [0.4, 0.5) is 26.3 Å². The van der Waals surface area contributed by atoms with Gasteiger partial charge >= 0.3 is 12.4 Å². The number of nitrogens with one attached hydrogen (secondary N) is 1. The molecule has 1 aliphatic heterocycles. The second kappa shape index (κ2) is 5.12.